The molecule has 0 bridgehead atoms. The van der Waals surface area contributed by atoms with Gasteiger partial charge in [0.25, 0.3) is 0 Å². The SMILES string of the molecule is C=CCOSNC(C)c1ccc(F)c(OCC2CC2)c1. The number of hydrogen-bond acceptors (Lipinski definition) is 4. The molecular weight excluding hydrogens is 277 g/mol. The predicted octanol–water partition coefficient (Wildman–Crippen LogP) is 4.03. The maximum absolute atomic E-state index is 13.7. The van der Waals surface area contributed by atoms with Crippen LogP contribution in [0.5, 0.6) is 5.75 Å². The standard InChI is InChI=1S/C15H20FNO2S/c1-3-8-19-20-17-11(2)13-6-7-14(16)15(9-13)18-10-12-4-5-12/h3,6-7,9,11-12,17H,1,4-5,8,10H2,2H3. The highest BCUT2D eigenvalue weighted by molar-refractivity contribution is 7.92. The summed E-state index contributed by atoms with van der Waals surface area (Å²) in [5, 5.41) is 0. The zero-order valence-corrected chi connectivity index (χ0v) is 12.4. The lowest BCUT2D eigenvalue weighted by atomic mass is 10.1. The zero-order valence-electron chi connectivity index (χ0n) is 11.6. The van der Waals surface area contributed by atoms with E-state index in [-0.39, 0.29) is 11.9 Å². The van der Waals surface area contributed by atoms with Gasteiger partial charge in [0.05, 0.1) is 25.4 Å². The van der Waals surface area contributed by atoms with Crippen molar-refractivity contribution in [2.75, 3.05) is 13.2 Å². The van der Waals surface area contributed by atoms with Crippen LogP contribution in [0.1, 0.15) is 31.4 Å². The molecule has 1 atom stereocenters. The Kier molecular flexibility index (Phi) is 5.88. The van der Waals surface area contributed by atoms with Gasteiger partial charge in [-0.3, -0.25) is 4.18 Å². The normalized spacial score (nSPS) is 15.9. The summed E-state index contributed by atoms with van der Waals surface area (Å²) < 4.78 is 27.5. The Morgan fingerprint density at radius 1 is 1.55 bits per heavy atom. The molecule has 20 heavy (non-hydrogen) atoms. The second kappa shape index (κ2) is 7.67. The molecule has 1 fully saturated rings. The van der Waals surface area contributed by atoms with Crippen LogP contribution in [0.25, 0.3) is 0 Å². The summed E-state index contributed by atoms with van der Waals surface area (Å²) >= 11 is 1.16. The first-order valence-electron chi connectivity index (χ1n) is 6.78. The van der Waals surface area contributed by atoms with Gasteiger partial charge in [0.15, 0.2) is 11.6 Å². The average Bonchev–Trinajstić information content (AvgIpc) is 3.26. The minimum absolute atomic E-state index is 0.0358. The molecular formula is C15H20FNO2S. The van der Waals surface area contributed by atoms with Gasteiger partial charge in [0.2, 0.25) is 0 Å². The lowest BCUT2D eigenvalue weighted by Gasteiger charge is -2.14. The maximum atomic E-state index is 13.7. The van der Waals surface area contributed by atoms with E-state index < -0.39 is 0 Å². The van der Waals surface area contributed by atoms with Crippen molar-refractivity contribution in [1.82, 2.24) is 4.72 Å². The van der Waals surface area contributed by atoms with Crippen molar-refractivity contribution in [2.24, 2.45) is 5.92 Å². The van der Waals surface area contributed by atoms with E-state index in [0.29, 0.717) is 24.9 Å². The maximum Gasteiger partial charge on any atom is 0.165 e. The van der Waals surface area contributed by atoms with Crippen molar-refractivity contribution in [3.05, 3.63) is 42.2 Å². The molecule has 1 N–H and O–H groups in total. The van der Waals surface area contributed by atoms with Crippen LogP contribution in [-0.2, 0) is 4.18 Å². The third kappa shape index (κ3) is 4.81. The number of hydrogen-bond donors (Lipinski definition) is 1. The van der Waals surface area contributed by atoms with Crippen LogP contribution < -0.4 is 9.46 Å². The molecule has 2 rings (SSSR count). The summed E-state index contributed by atoms with van der Waals surface area (Å²) in [5.41, 5.74) is 0.965. The van der Waals surface area contributed by atoms with E-state index in [1.807, 2.05) is 6.92 Å². The van der Waals surface area contributed by atoms with Gasteiger partial charge in [-0.25, -0.2) is 9.11 Å². The highest BCUT2D eigenvalue weighted by Gasteiger charge is 2.22. The fourth-order valence-corrected chi connectivity index (χ4v) is 2.16. The Hall–Kier alpha value is -1.04. The number of ether oxygens (including phenoxy) is 1. The van der Waals surface area contributed by atoms with Crippen LogP contribution in [0, 0.1) is 11.7 Å². The molecule has 1 aromatic carbocycles. The van der Waals surface area contributed by atoms with E-state index in [2.05, 4.69) is 11.3 Å². The summed E-state index contributed by atoms with van der Waals surface area (Å²) in [7, 11) is 0. The molecule has 0 aromatic heterocycles. The fourth-order valence-electron chi connectivity index (χ4n) is 1.65. The van der Waals surface area contributed by atoms with E-state index >= 15 is 0 Å². The van der Waals surface area contributed by atoms with Gasteiger partial charge < -0.3 is 4.74 Å². The third-order valence-corrected chi connectivity index (χ3v) is 3.80. The molecule has 0 saturated heterocycles. The van der Waals surface area contributed by atoms with Crippen molar-refractivity contribution in [3.8, 4) is 5.75 Å². The molecule has 1 aliphatic carbocycles. The smallest absolute Gasteiger partial charge is 0.165 e. The Morgan fingerprint density at radius 3 is 3.05 bits per heavy atom. The first-order valence-corrected chi connectivity index (χ1v) is 7.52. The van der Waals surface area contributed by atoms with Crippen molar-refractivity contribution in [3.63, 3.8) is 0 Å². The lowest BCUT2D eigenvalue weighted by molar-refractivity contribution is 0.285. The predicted molar refractivity (Wildman–Crippen MR) is 79.9 cm³/mol. The molecule has 3 nitrogen and oxygen atoms in total. The van der Waals surface area contributed by atoms with Crippen LogP contribution >= 0.6 is 12.2 Å². The Bertz CT molecular complexity index is 451. The molecule has 0 spiro atoms. The van der Waals surface area contributed by atoms with Gasteiger partial charge in [-0.2, -0.15) is 0 Å². The molecule has 1 saturated carbocycles. The van der Waals surface area contributed by atoms with Crippen LogP contribution in [0.4, 0.5) is 4.39 Å². The van der Waals surface area contributed by atoms with Crippen LogP contribution in [0.2, 0.25) is 0 Å². The van der Waals surface area contributed by atoms with Gasteiger partial charge in [-0.05, 0) is 43.4 Å². The minimum atomic E-state index is -0.308. The van der Waals surface area contributed by atoms with E-state index in [1.165, 1.54) is 18.9 Å². The number of halogens is 1. The summed E-state index contributed by atoms with van der Waals surface area (Å²) in [6, 6.07) is 4.99. The van der Waals surface area contributed by atoms with Crippen LogP contribution in [0.15, 0.2) is 30.9 Å². The Morgan fingerprint density at radius 2 is 2.35 bits per heavy atom. The van der Waals surface area contributed by atoms with Gasteiger partial charge in [-0.1, -0.05) is 12.1 Å². The highest BCUT2D eigenvalue weighted by atomic mass is 32.2. The Labute approximate surface area is 123 Å². The van der Waals surface area contributed by atoms with E-state index in [9.17, 15) is 4.39 Å². The molecule has 0 heterocycles. The highest BCUT2D eigenvalue weighted by Crippen LogP contribution is 2.31. The van der Waals surface area contributed by atoms with E-state index in [1.54, 1.807) is 18.2 Å². The average molecular weight is 297 g/mol. The molecule has 5 heteroatoms. The first-order chi connectivity index (χ1) is 9.70. The molecule has 0 aliphatic heterocycles. The summed E-state index contributed by atoms with van der Waals surface area (Å²) in [6.45, 7) is 6.65. The van der Waals surface area contributed by atoms with E-state index in [0.717, 1.165) is 17.8 Å². The molecule has 1 aromatic rings. The molecule has 1 aliphatic rings. The number of nitrogens with one attached hydrogen (secondary N) is 1. The summed E-state index contributed by atoms with van der Waals surface area (Å²) in [6.07, 6.45) is 4.06. The molecule has 1 unspecified atom stereocenters. The molecule has 0 amide bonds. The van der Waals surface area contributed by atoms with Gasteiger partial charge in [0.1, 0.15) is 0 Å². The van der Waals surface area contributed by atoms with Crippen molar-refractivity contribution >= 4 is 12.2 Å². The van der Waals surface area contributed by atoms with Crippen LogP contribution in [0.3, 0.4) is 0 Å². The van der Waals surface area contributed by atoms with Crippen molar-refractivity contribution < 1.29 is 13.3 Å². The molecule has 0 radical (unpaired) electrons. The summed E-state index contributed by atoms with van der Waals surface area (Å²) in [5.74, 6) is 0.633. The minimum Gasteiger partial charge on any atom is -0.490 e. The van der Waals surface area contributed by atoms with Crippen molar-refractivity contribution in [2.45, 2.75) is 25.8 Å². The van der Waals surface area contributed by atoms with E-state index in [4.69, 9.17) is 8.92 Å². The fraction of sp³-hybridized carbons (Fsp3) is 0.467. The Balaban J connectivity index is 1.88. The number of benzene rings is 1. The monoisotopic (exact) mass is 297 g/mol. The third-order valence-electron chi connectivity index (χ3n) is 3.10. The topological polar surface area (TPSA) is 30.5 Å². The number of rotatable bonds is 9. The van der Waals surface area contributed by atoms with Crippen LogP contribution in [-0.4, -0.2) is 13.2 Å². The second-order valence-electron chi connectivity index (χ2n) is 4.94. The molecule has 110 valence electrons. The van der Waals surface area contributed by atoms with Crippen molar-refractivity contribution in [1.29, 1.82) is 0 Å². The largest absolute Gasteiger partial charge is 0.490 e. The van der Waals surface area contributed by atoms with Gasteiger partial charge in [0, 0.05) is 6.04 Å². The first kappa shape index (κ1) is 15.4. The van der Waals surface area contributed by atoms with Gasteiger partial charge >= 0.3 is 0 Å². The quantitative estimate of drug-likeness (QED) is 0.323. The lowest BCUT2D eigenvalue weighted by Crippen LogP contribution is -2.11. The zero-order chi connectivity index (χ0) is 14.4. The summed E-state index contributed by atoms with van der Waals surface area (Å²) in [4.78, 5) is 0. The van der Waals surface area contributed by atoms with Gasteiger partial charge in [-0.15, -0.1) is 6.58 Å². The second-order valence-corrected chi connectivity index (χ2v) is 5.58.